The van der Waals surface area contributed by atoms with Gasteiger partial charge in [-0.2, -0.15) is 0 Å². The Kier molecular flexibility index (Phi) is 10.5. The van der Waals surface area contributed by atoms with Crippen LogP contribution in [0.5, 0.6) is 11.5 Å². The van der Waals surface area contributed by atoms with Crippen molar-refractivity contribution in [2.24, 2.45) is 13.0 Å². The number of alkyl halides is 2. The van der Waals surface area contributed by atoms with Gasteiger partial charge in [0.2, 0.25) is 11.8 Å². The number of imide groups is 1. The molecule has 2 aromatic carbocycles. The lowest BCUT2D eigenvalue weighted by Crippen LogP contribution is -2.61. The van der Waals surface area contributed by atoms with Crippen molar-refractivity contribution in [1.82, 2.24) is 19.7 Å². The van der Waals surface area contributed by atoms with Crippen LogP contribution in [-0.2, 0) is 29.6 Å². The topological polar surface area (TPSA) is 96.3 Å². The molecule has 0 saturated carbocycles. The second-order valence-electron chi connectivity index (χ2n) is 14.0. The van der Waals surface area contributed by atoms with Crippen LogP contribution in [0.25, 0.3) is 11.1 Å². The molecule has 2 amide bonds. The minimum atomic E-state index is -2.98. The van der Waals surface area contributed by atoms with E-state index in [9.17, 15) is 14.4 Å². The maximum atomic E-state index is 15.9. The Bertz CT molecular complexity index is 1850. The molecule has 4 heterocycles. The summed E-state index contributed by atoms with van der Waals surface area (Å²) >= 11 is 0. The van der Waals surface area contributed by atoms with Gasteiger partial charge in [0.1, 0.15) is 17.3 Å². The predicted molar refractivity (Wildman–Crippen MR) is 188 cm³/mol. The van der Waals surface area contributed by atoms with E-state index in [4.69, 9.17) is 9.47 Å². The molecule has 6 rings (SSSR count). The minimum absolute atomic E-state index is 0.0676. The molecular formula is C38H46F3N5O5. The SMILES string of the molecule is COc1cc(-c2cn(C)c(=O)c(C)c2C)cc(OC)c1CN1CC[C@H](N2CCN(c3ccc(C[C@H]4CCC(=O)NC4=O)cc3F)CC2)C(F)(F)C1. The molecule has 0 spiro atoms. The standard InChI is InChI=1S/C38H46F3N5O5/c1-23-24(2)37(49)43(3)20-28(23)27-18-32(50-4)29(33(19-27)51-5)21-44-11-10-34(38(40,41)22-44)46-14-12-45(13-15-46)31-8-6-25(17-30(31)39)16-26-7-9-35(47)42-36(26)48/h6,8,17-20,26,34H,7,9-16,21-22H2,1-5H3,(H,42,47,48)/t26-,34+/m1/s1. The summed E-state index contributed by atoms with van der Waals surface area (Å²) in [6.07, 6.45) is 3.11. The van der Waals surface area contributed by atoms with Gasteiger partial charge >= 0.3 is 0 Å². The Morgan fingerprint density at radius 2 is 1.61 bits per heavy atom. The number of halogens is 3. The van der Waals surface area contributed by atoms with Gasteiger partial charge in [-0.3, -0.25) is 29.5 Å². The summed E-state index contributed by atoms with van der Waals surface area (Å²) in [5, 5.41) is 2.34. The number of hydrogen-bond acceptors (Lipinski definition) is 8. The van der Waals surface area contributed by atoms with Gasteiger partial charge in [0.05, 0.1) is 38.1 Å². The molecule has 3 aliphatic rings. The fourth-order valence-electron chi connectivity index (χ4n) is 7.80. The molecule has 3 fully saturated rings. The molecule has 0 aliphatic carbocycles. The van der Waals surface area contributed by atoms with E-state index in [1.165, 1.54) is 6.07 Å². The molecule has 274 valence electrons. The Labute approximate surface area is 296 Å². The molecule has 0 radical (unpaired) electrons. The van der Waals surface area contributed by atoms with Crippen molar-refractivity contribution >= 4 is 17.5 Å². The van der Waals surface area contributed by atoms with Crippen molar-refractivity contribution < 1.29 is 32.2 Å². The van der Waals surface area contributed by atoms with Gasteiger partial charge in [-0.15, -0.1) is 0 Å². The van der Waals surface area contributed by atoms with Crippen LogP contribution < -0.4 is 25.2 Å². The van der Waals surface area contributed by atoms with E-state index >= 15 is 13.2 Å². The molecule has 1 N–H and O–H groups in total. The first-order valence-corrected chi connectivity index (χ1v) is 17.4. The molecule has 3 aromatic rings. The fraction of sp³-hybridized carbons (Fsp3) is 0.500. The van der Waals surface area contributed by atoms with Gasteiger partial charge in [-0.25, -0.2) is 13.2 Å². The van der Waals surface area contributed by atoms with Gasteiger partial charge in [0.15, 0.2) is 0 Å². The number of nitrogens with zero attached hydrogens (tertiary/aromatic N) is 4. The molecule has 0 bridgehead atoms. The minimum Gasteiger partial charge on any atom is -0.496 e. The van der Waals surface area contributed by atoms with E-state index in [0.717, 1.165) is 16.7 Å². The number of pyridine rings is 1. The van der Waals surface area contributed by atoms with Gasteiger partial charge in [0, 0.05) is 76.0 Å². The van der Waals surface area contributed by atoms with Gasteiger partial charge in [0.25, 0.3) is 11.5 Å². The summed E-state index contributed by atoms with van der Waals surface area (Å²) in [4.78, 5) is 41.5. The molecule has 0 unspecified atom stereocenters. The van der Waals surface area contributed by atoms with E-state index in [2.05, 4.69) is 5.32 Å². The highest BCUT2D eigenvalue weighted by molar-refractivity contribution is 5.98. The van der Waals surface area contributed by atoms with Crippen molar-refractivity contribution in [3.63, 3.8) is 0 Å². The molecule has 13 heteroatoms. The highest BCUT2D eigenvalue weighted by atomic mass is 19.3. The second kappa shape index (κ2) is 14.7. The smallest absolute Gasteiger partial charge is 0.275 e. The quantitative estimate of drug-likeness (QED) is 0.326. The van der Waals surface area contributed by atoms with E-state index in [0.29, 0.717) is 79.4 Å². The summed E-state index contributed by atoms with van der Waals surface area (Å²) in [5.41, 5.74) is 4.86. The number of amides is 2. The van der Waals surface area contributed by atoms with E-state index in [1.807, 2.05) is 28.9 Å². The van der Waals surface area contributed by atoms with Gasteiger partial charge in [-0.05, 0) is 74.1 Å². The molecule has 10 nitrogen and oxygen atoms in total. The van der Waals surface area contributed by atoms with Crippen LogP contribution >= 0.6 is 0 Å². The number of carbonyl (C=O) groups excluding carboxylic acids is 2. The van der Waals surface area contributed by atoms with Crippen molar-refractivity contribution in [1.29, 1.82) is 0 Å². The number of carbonyl (C=O) groups is 2. The third-order valence-electron chi connectivity index (χ3n) is 10.8. The van der Waals surface area contributed by atoms with Crippen molar-refractivity contribution in [2.75, 3.05) is 58.4 Å². The number of benzene rings is 2. The number of methoxy groups -OCH3 is 2. The Morgan fingerprint density at radius 1 is 0.922 bits per heavy atom. The molecule has 2 atom stereocenters. The predicted octanol–water partition coefficient (Wildman–Crippen LogP) is 4.45. The molecule has 3 aliphatic heterocycles. The Hall–Kier alpha value is -4.36. The van der Waals surface area contributed by atoms with Crippen LogP contribution in [0.4, 0.5) is 18.9 Å². The average Bonchev–Trinajstić information content (AvgIpc) is 3.10. The Morgan fingerprint density at radius 3 is 2.22 bits per heavy atom. The van der Waals surface area contributed by atoms with E-state index < -0.39 is 24.3 Å². The first kappa shape index (κ1) is 36.4. The molecule has 3 saturated heterocycles. The van der Waals surface area contributed by atoms with Gasteiger partial charge in [-0.1, -0.05) is 6.07 Å². The van der Waals surface area contributed by atoms with Crippen molar-refractivity contribution in [3.05, 3.63) is 75.0 Å². The first-order valence-electron chi connectivity index (χ1n) is 17.4. The van der Waals surface area contributed by atoms with E-state index in [-0.39, 0.29) is 42.7 Å². The number of rotatable bonds is 9. The number of aryl methyl sites for hydroxylation is 1. The molecule has 1 aromatic heterocycles. The van der Waals surface area contributed by atoms with Crippen LogP contribution in [0.2, 0.25) is 0 Å². The third kappa shape index (κ3) is 7.50. The number of likely N-dealkylation sites (tertiary alicyclic amines) is 1. The lowest BCUT2D eigenvalue weighted by molar-refractivity contribution is -0.136. The van der Waals surface area contributed by atoms with Crippen LogP contribution in [0.3, 0.4) is 0 Å². The summed E-state index contributed by atoms with van der Waals surface area (Å²) in [6.45, 7) is 5.52. The number of aromatic nitrogens is 1. The van der Waals surface area contributed by atoms with Crippen LogP contribution in [0.15, 0.2) is 41.3 Å². The van der Waals surface area contributed by atoms with Gasteiger partial charge < -0.3 is 18.9 Å². The Balaban J connectivity index is 1.09. The van der Waals surface area contributed by atoms with E-state index in [1.54, 1.807) is 56.0 Å². The largest absolute Gasteiger partial charge is 0.496 e. The fourth-order valence-corrected chi connectivity index (χ4v) is 7.80. The maximum Gasteiger partial charge on any atom is 0.275 e. The monoisotopic (exact) mass is 709 g/mol. The summed E-state index contributed by atoms with van der Waals surface area (Å²) < 4.78 is 60.1. The van der Waals surface area contributed by atoms with Crippen molar-refractivity contribution in [3.8, 4) is 22.6 Å². The zero-order valence-electron chi connectivity index (χ0n) is 29.9. The normalized spacial score (nSPS) is 21.5. The summed E-state index contributed by atoms with van der Waals surface area (Å²) in [6, 6.07) is 7.72. The number of piperidine rings is 2. The zero-order chi connectivity index (χ0) is 36.6. The highest BCUT2D eigenvalue weighted by Crippen LogP contribution is 2.39. The maximum absolute atomic E-state index is 15.9. The van der Waals surface area contributed by atoms with Crippen LogP contribution in [-0.4, -0.2) is 91.6 Å². The number of piperazine rings is 1. The molecular weight excluding hydrogens is 663 g/mol. The summed E-state index contributed by atoms with van der Waals surface area (Å²) in [7, 11) is 4.80. The number of ether oxygens (including phenoxy) is 2. The number of anilines is 1. The van der Waals surface area contributed by atoms with Crippen LogP contribution in [0.1, 0.15) is 41.5 Å². The highest BCUT2D eigenvalue weighted by Gasteiger charge is 2.48. The third-order valence-corrected chi connectivity index (χ3v) is 10.8. The van der Waals surface area contributed by atoms with Crippen molar-refractivity contribution in [2.45, 2.75) is 58.0 Å². The zero-order valence-corrected chi connectivity index (χ0v) is 29.9. The lowest BCUT2D eigenvalue weighted by Gasteiger charge is -2.46. The summed E-state index contributed by atoms with van der Waals surface area (Å²) in [5.74, 6) is -3.33. The van der Waals surface area contributed by atoms with Crippen LogP contribution in [0, 0.1) is 25.6 Å². The average molecular weight is 710 g/mol. The molecule has 51 heavy (non-hydrogen) atoms. The first-order chi connectivity index (χ1) is 24.3. The lowest BCUT2D eigenvalue weighted by atomic mass is 9.91. The number of hydrogen-bond donors (Lipinski definition) is 1. The number of nitrogens with one attached hydrogen (secondary N) is 1. The second-order valence-corrected chi connectivity index (χ2v) is 14.0.